The highest BCUT2D eigenvalue weighted by atomic mass is 35.5. The van der Waals surface area contributed by atoms with Crippen molar-refractivity contribution in [2.24, 2.45) is 0 Å². The predicted octanol–water partition coefficient (Wildman–Crippen LogP) is 18.3. The minimum Gasteiger partial charge on any atom is -0.389 e. The van der Waals surface area contributed by atoms with Crippen LogP contribution in [0.4, 0.5) is 32.0 Å². The highest BCUT2D eigenvalue weighted by Gasteiger charge is 2.47. The third-order valence-electron chi connectivity index (χ3n) is 14.2. The number of sulfonamides is 1. The number of nitrogens with zero attached hydrogens (tertiary/aromatic N) is 3. The van der Waals surface area contributed by atoms with Crippen molar-refractivity contribution in [1.82, 2.24) is 29.9 Å². The number of alkyl halides is 6. The maximum Gasteiger partial charge on any atom is 0.516 e. The zero-order chi connectivity index (χ0) is 65.5. The summed E-state index contributed by atoms with van der Waals surface area (Å²) in [5.74, 6) is 1.94. The molecule has 0 saturated carbocycles. The molecule has 23 heteroatoms. The number of Topliss-reactive ketones (excluding diaryl/α,β-unsaturated/α-hetero) is 1. The van der Waals surface area contributed by atoms with Gasteiger partial charge in [-0.2, -0.15) is 34.8 Å². The van der Waals surface area contributed by atoms with Gasteiger partial charge in [0.1, 0.15) is 17.5 Å². The van der Waals surface area contributed by atoms with E-state index < -0.39 is 41.9 Å². The molecule has 0 radical (unpaired) electrons. The van der Waals surface area contributed by atoms with Crippen molar-refractivity contribution in [2.75, 3.05) is 4.72 Å². The van der Waals surface area contributed by atoms with Crippen LogP contribution in [0.3, 0.4) is 0 Å². The molecule has 0 bridgehead atoms. The molecule has 92 heavy (non-hydrogen) atoms. The number of fused-ring (bicyclic) bond motifs is 3. The molecule has 12 rings (SSSR count). The second kappa shape index (κ2) is 27.3. The second-order valence-electron chi connectivity index (χ2n) is 20.6. The Labute approximate surface area is 533 Å². The van der Waals surface area contributed by atoms with Gasteiger partial charge in [-0.3, -0.25) is 9.52 Å². The monoisotopic (exact) mass is 1320 g/mol. The molecule has 0 fully saturated rings. The number of benzene rings is 9. The summed E-state index contributed by atoms with van der Waals surface area (Å²) in [4.78, 5) is 34.2. The highest BCUT2D eigenvalue weighted by molar-refractivity contribution is 7.93. The molecule has 0 amide bonds. The number of hydrogen-bond acceptors (Lipinski definition) is 9. The minimum atomic E-state index is -5.64. The molecule has 1 atom stereocenters. The standard InChI is InChI=1S/C23H19ClN2O.C23H17ClN2O.C23H15F6N3O4S2/c2*1-15(27)19-4-2-3-5-20(19)17-9-12-21-22(14-17)26-23(25-21)13-8-16-6-10-18(24)11-7-16;24-22(25,26)37(33,34)16-9-5-14(6-10-16)7-12-21-30-19-11-8-15(13-20(19)31-21)17-3-1-2-4-18(17)32-38(35,36)23(27,28)29/h2-15,27H,1H3,(H,25,26);2-14H,1H3,(H,25,26);1-13,32H,(H,30,31)/b2*13-8+;12-7+. The fraction of sp³-hybridized carbons (Fsp3) is 0.0725. The first-order valence-electron chi connectivity index (χ1n) is 27.8. The van der Waals surface area contributed by atoms with E-state index in [0.29, 0.717) is 33.0 Å². The van der Waals surface area contributed by atoms with Gasteiger partial charge in [-0.25, -0.2) is 23.4 Å². The third-order valence-corrected chi connectivity index (χ3v) is 17.3. The van der Waals surface area contributed by atoms with Crippen LogP contribution in [0.2, 0.25) is 10.0 Å². The number of carbonyl (C=O) groups excluding carboxylic acids is 1. The van der Waals surface area contributed by atoms with Crippen molar-refractivity contribution in [1.29, 1.82) is 0 Å². The molecule has 0 aliphatic heterocycles. The molecule has 5 N–H and O–H groups in total. The Balaban J connectivity index is 0.000000154. The van der Waals surface area contributed by atoms with Crippen LogP contribution in [0.25, 0.3) is 103 Å². The topological polar surface area (TPSA) is 204 Å². The normalized spacial score (nSPS) is 12.6. The number of aliphatic hydroxyl groups is 1. The van der Waals surface area contributed by atoms with Crippen LogP contribution in [-0.4, -0.2) is 68.6 Å². The number of nitrogens with one attached hydrogen (secondary N) is 4. The number of hydrogen-bond donors (Lipinski definition) is 5. The molecule has 3 aromatic heterocycles. The summed E-state index contributed by atoms with van der Waals surface area (Å²) in [5, 5.41) is 11.5. The quantitative estimate of drug-likeness (QED) is 0.0518. The van der Waals surface area contributed by atoms with Crippen LogP contribution < -0.4 is 4.72 Å². The van der Waals surface area contributed by atoms with E-state index in [4.69, 9.17) is 23.2 Å². The first kappa shape index (κ1) is 65.1. The van der Waals surface area contributed by atoms with E-state index in [0.717, 1.165) is 95.4 Å². The van der Waals surface area contributed by atoms with Crippen LogP contribution in [0.1, 0.15) is 70.0 Å². The second-order valence-corrected chi connectivity index (χ2v) is 25.1. The first-order valence-corrected chi connectivity index (χ1v) is 31.5. The molecule has 9 aromatic carbocycles. The minimum absolute atomic E-state index is 0.0573. The number of anilines is 1. The van der Waals surface area contributed by atoms with Crippen LogP contribution in [0.15, 0.2) is 205 Å². The highest BCUT2D eigenvalue weighted by Crippen LogP contribution is 2.36. The Morgan fingerprint density at radius 3 is 1.29 bits per heavy atom. The number of H-pyrrole nitrogens is 3. The number of ketones is 1. The molecule has 0 saturated heterocycles. The van der Waals surface area contributed by atoms with Crippen LogP contribution >= 0.6 is 23.2 Å². The Bertz CT molecular complexity index is 5010. The fourth-order valence-corrected chi connectivity index (χ4v) is 11.2. The average molecular weight is 1320 g/mol. The van der Waals surface area contributed by atoms with Gasteiger partial charge in [0.15, 0.2) is 5.78 Å². The number of aliphatic hydroxyl groups excluding tert-OH is 1. The number of carbonyl (C=O) groups is 1. The van der Waals surface area contributed by atoms with Gasteiger partial charge >= 0.3 is 21.0 Å². The van der Waals surface area contributed by atoms with Crippen LogP contribution in [-0.2, 0) is 19.9 Å². The van der Waals surface area contributed by atoms with Crippen molar-refractivity contribution in [3.05, 3.63) is 256 Å². The number of imidazole rings is 3. The van der Waals surface area contributed by atoms with E-state index in [1.807, 2.05) is 152 Å². The molecule has 1 unspecified atom stereocenters. The zero-order valence-electron chi connectivity index (χ0n) is 48.3. The molecular weight excluding hydrogens is 1270 g/mol. The lowest BCUT2D eigenvalue weighted by Gasteiger charge is -2.14. The van der Waals surface area contributed by atoms with Gasteiger partial charge < -0.3 is 20.1 Å². The molecule has 0 spiro atoms. The maximum atomic E-state index is 12.8. The SMILES string of the molecule is CC(=O)c1ccccc1-c1ccc2nc(/C=C/c3ccc(Cl)cc3)[nH]c2c1.CC(O)c1ccccc1-c1ccc2nc(/C=C/c3ccc(Cl)cc3)[nH]c2c1.O=S(=O)(Nc1ccccc1-c1ccc2nc(/C=C/c3ccc(S(=O)(=O)C(F)(F)F)cc3)[nH]c2c1)C(F)(F)F. The van der Waals surface area contributed by atoms with Gasteiger partial charge in [0.25, 0.3) is 9.84 Å². The predicted molar refractivity (Wildman–Crippen MR) is 353 cm³/mol. The van der Waals surface area contributed by atoms with Gasteiger partial charge in [-0.15, -0.1) is 0 Å². The van der Waals surface area contributed by atoms with Crippen molar-refractivity contribution >= 4 is 124 Å². The summed E-state index contributed by atoms with van der Waals surface area (Å²) in [6.07, 6.45) is 10.3. The van der Waals surface area contributed by atoms with Gasteiger partial charge in [0.2, 0.25) is 0 Å². The average Bonchev–Trinajstić information content (AvgIpc) is 2.00. The zero-order valence-corrected chi connectivity index (χ0v) is 51.4. The van der Waals surface area contributed by atoms with Crippen LogP contribution in [0.5, 0.6) is 0 Å². The number of para-hydroxylation sites is 1. The van der Waals surface area contributed by atoms with Gasteiger partial charge in [-0.05, 0) is 161 Å². The molecular formula is C69H51Cl2F6N7O6S2. The van der Waals surface area contributed by atoms with E-state index in [2.05, 4.69) is 36.0 Å². The first-order chi connectivity index (χ1) is 43.8. The smallest absolute Gasteiger partial charge is 0.389 e. The number of sulfone groups is 1. The lowest BCUT2D eigenvalue weighted by Crippen LogP contribution is -2.30. The number of rotatable bonds is 14. The maximum absolute atomic E-state index is 12.8. The molecule has 12 aromatic rings. The summed E-state index contributed by atoms with van der Waals surface area (Å²) >= 11 is 11.8. The van der Waals surface area contributed by atoms with E-state index in [1.165, 1.54) is 54.6 Å². The van der Waals surface area contributed by atoms with Gasteiger partial charge in [0.05, 0.1) is 49.8 Å². The number of aromatic amines is 3. The molecule has 466 valence electrons. The van der Waals surface area contributed by atoms with E-state index >= 15 is 0 Å². The summed E-state index contributed by atoms with van der Waals surface area (Å²) in [6, 6.07) is 57.2. The van der Waals surface area contributed by atoms with E-state index in [1.54, 1.807) is 30.7 Å². The lowest BCUT2D eigenvalue weighted by molar-refractivity contribution is -0.0439. The molecule has 3 heterocycles. The van der Waals surface area contributed by atoms with Crippen molar-refractivity contribution in [3.63, 3.8) is 0 Å². The Morgan fingerprint density at radius 2 is 0.870 bits per heavy atom. The largest absolute Gasteiger partial charge is 0.516 e. The number of halogens is 8. The summed E-state index contributed by atoms with van der Waals surface area (Å²) in [6.45, 7) is 3.38. The number of aromatic nitrogens is 6. The van der Waals surface area contributed by atoms with E-state index in [-0.39, 0.29) is 17.0 Å². The molecule has 13 nitrogen and oxygen atoms in total. The third kappa shape index (κ3) is 15.5. The van der Waals surface area contributed by atoms with Gasteiger partial charge in [0, 0.05) is 21.2 Å². The van der Waals surface area contributed by atoms with Crippen molar-refractivity contribution in [2.45, 2.75) is 35.9 Å². The Kier molecular flexibility index (Phi) is 19.3. The van der Waals surface area contributed by atoms with Crippen LogP contribution in [0, 0.1) is 0 Å². The Morgan fingerprint density at radius 1 is 0.489 bits per heavy atom. The molecule has 0 aliphatic rings. The van der Waals surface area contributed by atoms with Gasteiger partial charge in [-0.1, -0.05) is 163 Å². The lowest BCUT2D eigenvalue weighted by atomic mass is 9.96. The van der Waals surface area contributed by atoms with Crippen molar-refractivity contribution < 1.29 is 53.1 Å². The summed E-state index contributed by atoms with van der Waals surface area (Å²) < 4.78 is 124. The summed E-state index contributed by atoms with van der Waals surface area (Å²) in [5.41, 5.74) is 2.13. The Hall–Kier alpha value is -9.90. The summed E-state index contributed by atoms with van der Waals surface area (Å²) in [7, 11) is -11.1. The molecule has 0 aliphatic carbocycles. The van der Waals surface area contributed by atoms with E-state index in [9.17, 15) is 53.1 Å². The van der Waals surface area contributed by atoms with Crippen molar-refractivity contribution in [3.8, 4) is 33.4 Å². The fourth-order valence-electron chi connectivity index (χ4n) is 9.58.